The molecule has 1 aliphatic rings. The maximum absolute atomic E-state index is 13.2. The maximum Gasteiger partial charge on any atom is 0.304 e. The SMILES string of the molecule is O=S1(=O)N(CCCO)CCCN1c1cccc(F)c1. The van der Waals surface area contributed by atoms with Gasteiger partial charge in [-0.05, 0) is 31.0 Å². The van der Waals surface area contributed by atoms with Gasteiger partial charge in [0.1, 0.15) is 5.82 Å². The van der Waals surface area contributed by atoms with E-state index < -0.39 is 16.0 Å². The van der Waals surface area contributed by atoms with Crippen LogP contribution in [0.3, 0.4) is 0 Å². The molecule has 1 aromatic rings. The van der Waals surface area contributed by atoms with Crippen molar-refractivity contribution in [3.05, 3.63) is 30.1 Å². The molecule has 0 saturated carbocycles. The van der Waals surface area contributed by atoms with E-state index in [1.54, 1.807) is 6.07 Å². The Morgan fingerprint density at radius 2 is 2.11 bits per heavy atom. The van der Waals surface area contributed by atoms with Crippen molar-refractivity contribution in [2.45, 2.75) is 12.8 Å². The summed E-state index contributed by atoms with van der Waals surface area (Å²) in [7, 11) is -3.62. The third-order valence-corrected chi connectivity index (χ3v) is 5.00. The Labute approximate surface area is 112 Å². The van der Waals surface area contributed by atoms with Gasteiger partial charge in [0.05, 0.1) is 5.69 Å². The van der Waals surface area contributed by atoms with Gasteiger partial charge in [0.15, 0.2) is 0 Å². The zero-order valence-electron chi connectivity index (χ0n) is 10.5. The van der Waals surface area contributed by atoms with Crippen LogP contribution in [0.15, 0.2) is 24.3 Å². The Morgan fingerprint density at radius 1 is 1.32 bits per heavy atom. The lowest BCUT2D eigenvalue weighted by Crippen LogP contribution is -2.50. The number of hydrogen-bond donors (Lipinski definition) is 1. The van der Waals surface area contributed by atoms with Crippen molar-refractivity contribution in [3.63, 3.8) is 0 Å². The molecule has 1 aliphatic heterocycles. The Morgan fingerprint density at radius 3 is 2.79 bits per heavy atom. The summed E-state index contributed by atoms with van der Waals surface area (Å²) >= 11 is 0. The van der Waals surface area contributed by atoms with Crippen molar-refractivity contribution >= 4 is 15.9 Å². The first kappa shape index (κ1) is 14.2. The summed E-state index contributed by atoms with van der Waals surface area (Å²) < 4.78 is 40.5. The maximum atomic E-state index is 13.2. The molecule has 2 rings (SSSR count). The highest BCUT2D eigenvalue weighted by atomic mass is 32.2. The van der Waals surface area contributed by atoms with Crippen molar-refractivity contribution in [3.8, 4) is 0 Å². The van der Waals surface area contributed by atoms with E-state index in [9.17, 15) is 12.8 Å². The highest BCUT2D eigenvalue weighted by Crippen LogP contribution is 2.25. The van der Waals surface area contributed by atoms with E-state index in [-0.39, 0.29) is 13.2 Å². The van der Waals surface area contributed by atoms with Crippen molar-refractivity contribution in [2.24, 2.45) is 0 Å². The Balaban J connectivity index is 2.25. The Kier molecular flexibility index (Phi) is 4.38. The molecular formula is C12H17FN2O3S. The Hall–Kier alpha value is -1.18. The molecule has 0 amide bonds. The number of hydrogen-bond acceptors (Lipinski definition) is 3. The number of aliphatic hydroxyl groups excluding tert-OH is 1. The standard InChI is InChI=1S/C12H17FN2O3S/c13-11-4-1-5-12(10-11)15-8-2-6-14(7-3-9-16)19(15,17)18/h1,4-5,10,16H,2-3,6-9H2. The van der Waals surface area contributed by atoms with E-state index in [0.29, 0.717) is 31.6 Å². The molecule has 0 aliphatic carbocycles. The number of rotatable bonds is 4. The van der Waals surface area contributed by atoms with Crippen LogP contribution >= 0.6 is 0 Å². The monoisotopic (exact) mass is 288 g/mol. The lowest BCUT2D eigenvalue weighted by molar-refractivity contribution is 0.266. The molecule has 19 heavy (non-hydrogen) atoms. The largest absolute Gasteiger partial charge is 0.396 e. The second kappa shape index (κ2) is 5.85. The zero-order chi connectivity index (χ0) is 13.9. The van der Waals surface area contributed by atoms with Crippen LogP contribution in [0.5, 0.6) is 0 Å². The molecule has 7 heteroatoms. The Bertz CT molecular complexity index is 536. The van der Waals surface area contributed by atoms with Crippen LogP contribution in [0.25, 0.3) is 0 Å². The van der Waals surface area contributed by atoms with Gasteiger partial charge in [0, 0.05) is 26.2 Å². The van der Waals surface area contributed by atoms with Gasteiger partial charge < -0.3 is 5.11 Å². The van der Waals surface area contributed by atoms with Crippen LogP contribution in [0.1, 0.15) is 12.8 Å². The van der Waals surface area contributed by atoms with Crippen LogP contribution in [0.4, 0.5) is 10.1 Å². The van der Waals surface area contributed by atoms with Crippen LogP contribution < -0.4 is 4.31 Å². The van der Waals surface area contributed by atoms with E-state index in [4.69, 9.17) is 5.11 Å². The molecule has 0 aromatic heterocycles. The molecule has 1 fully saturated rings. The quantitative estimate of drug-likeness (QED) is 0.898. The molecule has 0 bridgehead atoms. The molecule has 106 valence electrons. The van der Waals surface area contributed by atoms with Gasteiger partial charge in [-0.15, -0.1) is 0 Å². The average molecular weight is 288 g/mol. The van der Waals surface area contributed by atoms with E-state index in [0.717, 1.165) is 0 Å². The number of benzene rings is 1. The number of anilines is 1. The van der Waals surface area contributed by atoms with Gasteiger partial charge in [-0.3, -0.25) is 4.31 Å². The second-order valence-electron chi connectivity index (χ2n) is 4.39. The van der Waals surface area contributed by atoms with Crippen LogP contribution in [0, 0.1) is 5.82 Å². The highest BCUT2D eigenvalue weighted by Gasteiger charge is 2.33. The fourth-order valence-electron chi connectivity index (χ4n) is 2.13. The summed E-state index contributed by atoms with van der Waals surface area (Å²) in [4.78, 5) is 0. The van der Waals surface area contributed by atoms with Gasteiger partial charge in [0.25, 0.3) is 0 Å². The number of aliphatic hydroxyl groups is 1. The first-order valence-corrected chi connectivity index (χ1v) is 7.59. The van der Waals surface area contributed by atoms with Crippen LogP contribution in [-0.4, -0.2) is 44.1 Å². The minimum absolute atomic E-state index is 0.0496. The normalized spacial score (nSPS) is 19.6. The number of halogens is 1. The molecule has 1 heterocycles. The molecule has 1 aromatic carbocycles. The van der Waals surface area contributed by atoms with Crippen LogP contribution in [0.2, 0.25) is 0 Å². The topological polar surface area (TPSA) is 60.9 Å². The fraction of sp³-hybridized carbons (Fsp3) is 0.500. The van der Waals surface area contributed by atoms with Crippen molar-refractivity contribution in [1.82, 2.24) is 4.31 Å². The van der Waals surface area contributed by atoms with Gasteiger partial charge in [-0.1, -0.05) is 6.07 Å². The predicted octanol–water partition coefficient (Wildman–Crippen LogP) is 0.965. The van der Waals surface area contributed by atoms with Gasteiger partial charge in [-0.25, -0.2) is 4.39 Å². The summed E-state index contributed by atoms with van der Waals surface area (Å²) in [5.41, 5.74) is 0.341. The minimum atomic E-state index is -3.62. The first-order valence-electron chi connectivity index (χ1n) is 6.20. The van der Waals surface area contributed by atoms with E-state index in [1.807, 2.05) is 0 Å². The predicted molar refractivity (Wildman–Crippen MR) is 70.6 cm³/mol. The van der Waals surface area contributed by atoms with E-state index in [2.05, 4.69) is 0 Å². The van der Waals surface area contributed by atoms with Gasteiger partial charge in [0.2, 0.25) is 0 Å². The smallest absolute Gasteiger partial charge is 0.304 e. The molecule has 0 spiro atoms. The average Bonchev–Trinajstić information content (AvgIpc) is 2.37. The van der Waals surface area contributed by atoms with Crippen molar-refractivity contribution < 1.29 is 17.9 Å². The summed E-state index contributed by atoms with van der Waals surface area (Å²) in [6, 6.07) is 5.57. The summed E-state index contributed by atoms with van der Waals surface area (Å²) in [5, 5.41) is 8.80. The summed E-state index contributed by atoms with van der Waals surface area (Å²) in [6.45, 7) is 1.02. The lowest BCUT2D eigenvalue weighted by Gasteiger charge is -2.35. The lowest BCUT2D eigenvalue weighted by atomic mass is 10.3. The third kappa shape index (κ3) is 3.05. The second-order valence-corrected chi connectivity index (χ2v) is 6.24. The first-order chi connectivity index (χ1) is 9.05. The minimum Gasteiger partial charge on any atom is -0.396 e. The van der Waals surface area contributed by atoms with E-state index in [1.165, 1.54) is 26.8 Å². The number of nitrogens with zero attached hydrogens (tertiary/aromatic N) is 2. The van der Waals surface area contributed by atoms with Gasteiger partial charge >= 0.3 is 10.2 Å². The molecule has 0 unspecified atom stereocenters. The molecule has 0 radical (unpaired) electrons. The zero-order valence-corrected chi connectivity index (χ0v) is 11.3. The van der Waals surface area contributed by atoms with Crippen LogP contribution in [-0.2, 0) is 10.2 Å². The highest BCUT2D eigenvalue weighted by molar-refractivity contribution is 7.90. The summed E-state index contributed by atoms with van der Waals surface area (Å²) in [5.74, 6) is -0.458. The molecular weight excluding hydrogens is 271 g/mol. The molecule has 1 saturated heterocycles. The molecule has 5 nitrogen and oxygen atoms in total. The third-order valence-electron chi connectivity index (χ3n) is 3.04. The molecule has 1 N–H and O–H groups in total. The van der Waals surface area contributed by atoms with Crippen molar-refractivity contribution in [1.29, 1.82) is 0 Å². The van der Waals surface area contributed by atoms with Crippen molar-refractivity contribution in [2.75, 3.05) is 30.5 Å². The fourth-order valence-corrected chi connectivity index (χ4v) is 3.87. The molecule has 0 atom stereocenters. The van der Waals surface area contributed by atoms with Gasteiger partial charge in [-0.2, -0.15) is 12.7 Å². The summed E-state index contributed by atoms with van der Waals surface area (Å²) in [6.07, 6.45) is 1.08. The van der Waals surface area contributed by atoms with E-state index >= 15 is 0 Å².